The number of carbonyl (C=O) groups excluding carboxylic acids is 2. The van der Waals surface area contributed by atoms with Crippen molar-refractivity contribution in [2.75, 3.05) is 4.90 Å². The van der Waals surface area contributed by atoms with Gasteiger partial charge in [-0.2, -0.15) is 0 Å². The van der Waals surface area contributed by atoms with E-state index in [0.29, 0.717) is 37.3 Å². The molecule has 0 N–H and O–H groups in total. The first-order chi connectivity index (χ1) is 14.9. The number of nitrogens with zero attached hydrogens (tertiary/aromatic N) is 2. The van der Waals surface area contributed by atoms with E-state index in [-0.39, 0.29) is 22.5 Å². The summed E-state index contributed by atoms with van der Waals surface area (Å²) in [5, 5.41) is 1.27. The van der Waals surface area contributed by atoms with Crippen LogP contribution in [0.2, 0.25) is 5.02 Å². The molecule has 2 aromatic carbocycles. The average Bonchev–Trinajstić information content (AvgIpc) is 3.27. The zero-order valence-corrected chi connectivity index (χ0v) is 18.1. The molecule has 5 rings (SSSR count). The van der Waals surface area contributed by atoms with Crippen LogP contribution in [0.4, 0.5) is 5.13 Å². The second-order valence-electron chi connectivity index (χ2n) is 7.27. The van der Waals surface area contributed by atoms with E-state index in [2.05, 4.69) is 4.98 Å². The van der Waals surface area contributed by atoms with E-state index < -0.39 is 11.9 Å². The minimum absolute atomic E-state index is 0.0131. The smallest absolute Gasteiger partial charge is 0.297 e. The summed E-state index contributed by atoms with van der Waals surface area (Å²) >= 11 is 7.19. The quantitative estimate of drug-likeness (QED) is 0.402. The van der Waals surface area contributed by atoms with E-state index in [1.165, 1.54) is 11.8 Å². The zero-order valence-electron chi connectivity index (χ0n) is 16.5. The molecular weight excluding hydrogens is 436 g/mol. The summed E-state index contributed by atoms with van der Waals surface area (Å²) in [4.78, 5) is 45.3. The third-order valence-corrected chi connectivity index (χ3v) is 6.78. The van der Waals surface area contributed by atoms with Crippen molar-refractivity contribution in [2.45, 2.75) is 19.9 Å². The lowest BCUT2D eigenvalue weighted by Crippen LogP contribution is -2.29. The molecule has 4 aromatic rings. The minimum Gasteiger partial charge on any atom is -0.450 e. The Morgan fingerprint density at radius 1 is 1.13 bits per heavy atom. The molecule has 1 amide bonds. The van der Waals surface area contributed by atoms with Crippen LogP contribution < -0.4 is 10.3 Å². The van der Waals surface area contributed by atoms with Crippen LogP contribution in [0.25, 0.3) is 11.0 Å². The van der Waals surface area contributed by atoms with Gasteiger partial charge in [0.25, 0.3) is 5.91 Å². The summed E-state index contributed by atoms with van der Waals surface area (Å²) in [5.74, 6) is -0.615. The summed E-state index contributed by atoms with van der Waals surface area (Å²) in [6, 6.07) is 13.0. The Morgan fingerprint density at radius 2 is 1.84 bits per heavy atom. The van der Waals surface area contributed by atoms with Gasteiger partial charge in [-0.15, -0.1) is 0 Å². The Balaban J connectivity index is 1.80. The first kappa shape index (κ1) is 19.7. The van der Waals surface area contributed by atoms with Crippen LogP contribution in [0, 0.1) is 6.92 Å². The largest absolute Gasteiger partial charge is 0.450 e. The Kier molecular flexibility index (Phi) is 4.53. The third-order valence-electron chi connectivity index (χ3n) is 5.27. The molecule has 31 heavy (non-hydrogen) atoms. The predicted molar refractivity (Wildman–Crippen MR) is 119 cm³/mol. The van der Waals surface area contributed by atoms with Gasteiger partial charge in [0.1, 0.15) is 5.58 Å². The van der Waals surface area contributed by atoms with E-state index in [9.17, 15) is 14.4 Å². The summed E-state index contributed by atoms with van der Waals surface area (Å²) in [6.07, 6.45) is 0. The van der Waals surface area contributed by atoms with Crippen LogP contribution in [0.1, 0.15) is 50.0 Å². The fourth-order valence-electron chi connectivity index (χ4n) is 3.89. The van der Waals surface area contributed by atoms with Gasteiger partial charge < -0.3 is 4.42 Å². The van der Waals surface area contributed by atoms with Gasteiger partial charge in [-0.1, -0.05) is 47.2 Å². The van der Waals surface area contributed by atoms with Crippen LogP contribution in [0.3, 0.4) is 0 Å². The Labute approximate surface area is 185 Å². The number of aromatic nitrogens is 1. The highest BCUT2D eigenvalue weighted by Gasteiger charge is 2.45. The molecule has 0 aliphatic carbocycles. The number of anilines is 1. The number of ketones is 1. The van der Waals surface area contributed by atoms with Crippen LogP contribution in [0.15, 0.2) is 57.7 Å². The van der Waals surface area contributed by atoms with Gasteiger partial charge >= 0.3 is 0 Å². The van der Waals surface area contributed by atoms with Gasteiger partial charge in [0.15, 0.2) is 16.3 Å². The Bertz CT molecular complexity index is 1440. The van der Waals surface area contributed by atoms with Gasteiger partial charge in [0.05, 0.1) is 27.6 Å². The topological polar surface area (TPSA) is 80.5 Å². The highest BCUT2D eigenvalue weighted by atomic mass is 35.5. The molecule has 2 aromatic heterocycles. The van der Waals surface area contributed by atoms with Crippen molar-refractivity contribution in [1.82, 2.24) is 4.98 Å². The maximum absolute atomic E-state index is 13.5. The molecule has 0 spiro atoms. The Morgan fingerprint density at radius 3 is 2.52 bits per heavy atom. The number of amides is 1. The maximum atomic E-state index is 13.5. The zero-order chi connectivity index (χ0) is 21.9. The van der Waals surface area contributed by atoms with Crippen molar-refractivity contribution in [3.63, 3.8) is 0 Å². The monoisotopic (exact) mass is 450 g/mol. The SMILES string of the molecule is CC(=O)c1sc(N2C(=O)c3oc4ccccc4c(=O)c3[C@@H]2c2ccc(Cl)cc2)nc1C. The number of rotatable bonds is 3. The molecule has 0 bridgehead atoms. The number of carbonyl (C=O) groups is 2. The standard InChI is InChI=1S/C23H15ClN2O4S/c1-11-21(12(2)27)31-23(25-11)26-18(13-7-9-14(24)10-8-13)17-19(28)15-5-3-4-6-16(15)30-20(17)22(26)29/h3-10,18H,1-2H3/t18-/m0/s1. The molecule has 1 aliphatic rings. The van der Waals surface area contributed by atoms with Crippen LogP contribution in [0.5, 0.6) is 0 Å². The number of thiazole rings is 1. The van der Waals surface area contributed by atoms with E-state index >= 15 is 0 Å². The normalized spacial score (nSPS) is 15.5. The summed E-state index contributed by atoms with van der Waals surface area (Å²) in [6.45, 7) is 3.18. The molecule has 0 radical (unpaired) electrons. The lowest BCUT2D eigenvalue weighted by atomic mass is 9.99. The van der Waals surface area contributed by atoms with Crippen LogP contribution in [-0.4, -0.2) is 16.7 Å². The van der Waals surface area contributed by atoms with Crippen molar-refractivity contribution in [2.24, 2.45) is 0 Å². The summed E-state index contributed by atoms with van der Waals surface area (Å²) in [7, 11) is 0. The second kappa shape index (κ2) is 7.14. The predicted octanol–water partition coefficient (Wildman–Crippen LogP) is 5.16. The fourth-order valence-corrected chi connectivity index (χ4v) is 5.00. The van der Waals surface area contributed by atoms with Gasteiger partial charge in [0, 0.05) is 11.9 Å². The number of Topliss-reactive ketones (excluding diaryl/α,β-unsaturated/α-hetero) is 1. The number of aryl methyl sites for hydroxylation is 1. The molecule has 0 saturated carbocycles. The number of fused-ring (bicyclic) bond motifs is 2. The molecular formula is C23H15ClN2O4S. The lowest BCUT2D eigenvalue weighted by molar-refractivity contribution is 0.0969. The number of hydrogen-bond acceptors (Lipinski definition) is 6. The molecule has 1 atom stereocenters. The van der Waals surface area contributed by atoms with Crippen molar-refractivity contribution in [3.05, 3.63) is 91.2 Å². The molecule has 1 aliphatic heterocycles. The maximum Gasteiger partial charge on any atom is 0.297 e. The van der Waals surface area contributed by atoms with Gasteiger partial charge in [-0.05, 0) is 36.8 Å². The fraction of sp³-hybridized carbons (Fsp3) is 0.130. The molecule has 0 saturated heterocycles. The minimum atomic E-state index is -0.744. The number of hydrogen-bond donors (Lipinski definition) is 0. The van der Waals surface area contributed by atoms with Crippen LogP contribution >= 0.6 is 22.9 Å². The highest BCUT2D eigenvalue weighted by molar-refractivity contribution is 7.17. The summed E-state index contributed by atoms with van der Waals surface area (Å²) in [5.41, 5.74) is 1.55. The number of para-hydroxylation sites is 1. The summed E-state index contributed by atoms with van der Waals surface area (Å²) < 4.78 is 5.90. The van der Waals surface area contributed by atoms with E-state index in [1.54, 1.807) is 55.5 Å². The van der Waals surface area contributed by atoms with E-state index in [0.717, 1.165) is 11.3 Å². The van der Waals surface area contributed by atoms with Crippen molar-refractivity contribution in [3.8, 4) is 0 Å². The second-order valence-corrected chi connectivity index (χ2v) is 8.68. The van der Waals surface area contributed by atoms with Gasteiger partial charge in [-0.3, -0.25) is 19.3 Å². The third kappa shape index (κ3) is 3.00. The van der Waals surface area contributed by atoms with Crippen molar-refractivity contribution >= 4 is 50.7 Å². The first-order valence-corrected chi connectivity index (χ1v) is 10.7. The lowest BCUT2D eigenvalue weighted by Gasteiger charge is -2.22. The number of benzene rings is 2. The van der Waals surface area contributed by atoms with Crippen LogP contribution in [-0.2, 0) is 0 Å². The highest BCUT2D eigenvalue weighted by Crippen LogP contribution is 2.43. The molecule has 8 heteroatoms. The molecule has 154 valence electrons. The van der Waals surface area contributed by atoms with E-state index in [1.807, 2.05) is 0 Å². The van der Waals surface area contributed by atoms with Crippen molar-refractivity contribution < 1.29 is 14.0 Å². The van der Waals surface area contributed by atoms with Crippen molar-refractivity contribution in [1.29, 1.82) is 0 Å². The average molecular weight is 451 g/mol. The molecule has 0 unspecified atom stereocenters. The molecule has 0 fully saturated rings. The molecule has 6 nitrogen and oxygen atoms in total. The Hall–Kier alpha value is -3.29. The van der Waals surface area contributed by atoms with Gasteiger partial charge in [0.2, 0.25) is 5.76 Å². The first-order valence-electron chi connectivity index (χ1n) is 9.50. The van der Waals surface area contributed by atoms with E-state index in [4.69, 9.17) is 16.0 Å². The van der Waals surface area contributed by atoms with Gasteiger partial charge in [-0.25, -0.2) is 4.98 Å². The number of halogens is 1. The molecule has 3 heterocycles.